The van der Waals surface area contributed by atoms with Crippen molar-refractivity contribution in [3.05, 3.63) is 46.7 Å². The highest BCUT2D eigenvalue weighted by molar-refractivity contribution is 6.15. The summed E-state index contributed by atoms with van der Waals surface area (Å²) in [5.41, 5.74) is 2.12. The van der Waals surface area contributed by atoms with Crippen molar-refractivity contribution in [2.45, 2.75) is 25.5 Å². The molecular weight excluding hydrogens is 426 g/mol. The van der Waals surface area contributed by atoms with Crippen LogP contribution < -0.4 is 23.7 Å². The zero-order chi connectivity index (χ0) is 22.9. The number of hydrogen-bond acceptors (Lipinski definition) is 8. The Morgan fingerprint density at radius 1 is 1.12 bits per heavy atom. The minimum absolute atomic E-state index is 0.169. The minimum Gasteiger partial charge on any atom is -0.493 e. The van der Waals surface area contributed by atoms with E-state index in [4.69, 9.17) is 28.4 Å². The van der Waals surface area contributed by atoms with E-state index in [0.29, 0.717) is 47.4 Å². The Bertz CT molecular complexity index is 1080. The number of allylic oxidation sites excluding steroid dienone is 1. The van der Waals surface area contributed by atoms with E-state index in [1.807, 2.05) is 6.07 Å². The summed E-state index contributed by atoms with van der Waals surface area (Å²) in [5, 5.41) is 0. The molecule has 0 amide bonds. The molecule has 174 valence electrons. The highest BCUT2D eigenvalue weighted by Crippen LogP contribution is 2.43. The van der Waals surface area contributed by atoms with Crippen molar-refractivity contribution in [1.82, 2.24) is 4.90 Å². The lowest BCUT2D eigenvalue weighted by molar-refractivity contribution is 0.0274. The molecule has 0 bridgehead atoms. The maximum Gasteiger partial charge on any atom is 0.231 e. The van der Waals surface area contributed by atoms with Crippen LogP contribution in [-0.4, -0.2) is 58.0 Å². The molecule has 0 saturated carbocycles. The Labute approximate surface area is 192 Å². The zero-order valence-electron chi connectivity index (χ0n) is 19.0. The van der Waals surface area contributed by atoms with Crippen LogP contribution in [0.4, 0.5) is 0 Å². The van der Waals surface area contributed by atoms with Crippen LogP contribution in [0.15, 0.2) is 30.0 Å². The zero-order valence-corrected chi connectivity index (χ0v) is 19.0. The van der Waals surface area contributed by atoms with Crippen molar-refractivity contribution in [2.24, 2.45) is 0 Å². The van der Waals surface area contributed by atoms with Gasteiger partial charge in [0.05, 0.1) is 38.6 Å². The molecule has 3 aliphatic rings. The van der Waals surface area contributed by atoms with Crippen molar-refractivity contribution in [3.8, 4) is 28.7 Å². The van der Waals surface area contributed by atoms with Crippen LogP contribution >= 0.6 is 0 Å². The van der Waals surface area contributed by atoms with E-state index in [1.165, 1.54) is 0 Å². The Hall–Kier alpha value is -3.23. The lowest BCUT2D eigenvalue weighted by atomic mass is 10.0. The summed E-state index contributed by atoms with van der Waals surface area (Å²) in [7, 11) is 4.65. The third-order valence-electron chi connectivity index (χ3n) is 6.15. The van der Waals surface area contributed by atoms with E-state index in [9.17, 15) is 4.79 Å². The molecule has 2 aromatic rings. The van der Waals surface area contributed by atoms with Gasteiger partial charge in [0.15, 0.2) is 17.3 Å². The maximum absolute atomic E-state index is 13.1. The van der Waals surface area contributed by atoms with Crippen LogP contribution in [0.1, 0.15) is 34.3 Å². The van der Waals surface area contributed by atoms with Crippen molar-refractivity contribution < 1.29 is 33.2 Å². The van der Waals surface area contributed by atoms with Gasteiger partial charge in [-0.05, 0) is 48.7 Å². The van der Waals surface area contributed by atoms with E-state index >= 15 is 0 Å². The minimum atomic E-state index is -0.169. The molecule has 0 radical (unpaired) electrons. The predicted molar refractivity (Wildman–Crippen MR) is 120 cm³/mol. The lowest BCUT2D eigenvalue weighted by Gasteiger charge is -2.31. The number of fused-ring (bicyclic) bond motifs is 3. The van der Waals surface area contributed by atoms with E-state index in [2.05, 4.69) is 4.90 Å². The number of hydrogen-bond donors (Lipinski definition) is 0. The first-order chi connectivity index (χ1) is 16.1. The summed E-state index contributed by atoms with van der Waals surface area (Å²) >= 11 is 0. The van der Waals surface area contributed by atoms with Crippen LogP contribution in [0, 0.1) is 0 Å². The van der Waals surface area contributed by atoms with Gasteiger partial charge in [-0.3, -0.25) is 9.69 Å². The number of benzene rings is 2. The predicted octanol–water partition coefficient (Wildman–Crippen LogP) is 3.66. The fraction of sp³-hybridized carbons (Fsp3) is 0.400. The first-order valence-electron chi connectivity index (χ1n) is 11.0. The first kappa shape index (κ1) is 21.6. The van der Waals surface area contributed by atoms with Gasteiger partial charge in [-0.25, -0.2) is 0 Å². The van der Waals surface area contributed by atoms with Gasteiger partial charge in [0.1, 0.15) is 18.2 Å². The average Bonchev–Trinajstić information content (AvgIpc) is 3.46. The molecule has 0 N–H and O–H groups in total. The number of carbonyl (C=O) groups excluding carboxylic acids is 1. The van der Waals surface area contributed by atoms with E-state index in [0.717, 1.165) is 37.3 Å². The van der Waals surface area contributed by atoms with E-state index < -0.39 is 0 Å². The number of methoxy groups -OCH3 is 3. The molecule has 1 fully saturated rings. The molecule has 8 nitrogen and oxygen atoms in total. The Morgan fingerprint density at radius 2 is 1.91 bits per heavy atom. The molecule has 0 spiro atoms. The smallest absolute Gasteiger partial charge is 0.231 e. The molecule has 0 aliphatic carbocycles. The number of Topliss-reactive ketones (excluding diaryl/α,β-unsaturated/α-hetero) is 1. The summed E-state index contributed by atoms with van der Waals surface area (Å²) in [6, 6.07) is 7.16. The van der Waals surface area contributed by atoms with Crippen molar-refractivity contribution in [3.63, 3.8) is 0 Å². The third-order valence-corrected chi connectivity index (χ3v) is 6.15. The van der Waals surface area contributed by atoms with Crippen molar-refractivity contribution >= 4 is 11.9 Å². The van der Waals surface area contributed by atoms with Gasteiger partial charge in [0.2, 0.25) is 11.5 Å². The number of nitrogens with zero attached hydrogens (tertiary/aromatic N) is 1. The molecule has 1 atom stereocenters. The second kappa shape index (κ2) is 8.96. The van der Waals surface area contributed by atoms with Crippen LogP contribution in [-0.2, 0) is 11.3 Å². The number of rotatable bonds is 6. The monoisotopic (exact) mass is 453 g/mol. The molecule has 3 aliphatic heterocycles. The number of ketones is 1. The van der Waals surface area contributed by atoms with Gasteiger partial charge in [-0.15, -0.1) is 0 Å². The Kier molecular flexibility index (Phi) is 5.86. The molecular formula is C25H27NO7. The lowest BCUT2D eigenvalue weighted by Crippen LogP contribution is -2.37. The van der Waals surface area contributed by atoms with Crippen LogP contribution in [0.5, 0.6) is 28.7 Å². The highest BCUT2D eigenvalue weighted by atomic mass is 16.5. The normalized spacial score (nSPS) is 20.8. The van der Waals surface area contributed by atoms with Crippen molar-refractivity contribution in [1.29, 1.82) is 0 Å². The summed E-state index contributed by atoms with van der Waals surface area (Å²) in [6.45, 7) is 2.75. The van der Waals surface area contributed by atoms with Gasteiger partial charge in [0.25, 0.3) is 0 Å². The van der Waals surface area contributed by atoms with E-state index in [1.54, 1.807) is 45.6 Å². The van der Waals surface area contributed by atoms with Gasteiger partial charge in [-0.1, -0.05) is 0 Å². The first-order valence-corrected chi connectivity index (χ1v) is 11.0. The van der Waals surface area contributed by atoms with Crippen molar-refractivity contribution in [2.75, 3.05) is 41.2 Å². The number of ether oxygens (including phenoxy) is 6. The fourth-order valence-corrected chi connectivity index (χ4v) is 4.53. The fourth-order valence-electron chi connectivity index (χ4n) is 4.53. The summed E-state index contributed by atoms with van der Waals surface area (Å²) in [6.07, 6.45) is 4.07. The SMILES string of the molecule is COc1cc(C=C2Oc3c(ccc4c3CN(C[C@H]3CCCO3)CO4)C2=O)cc(OC)c1OC. The summed E-state index contributed by atoms with van der Waals surface area (Å²) in [5.74, 6) is 2.88. The Balaban J connectivity index is 1.43. The molecule has 2 aromatic carbocycles. The Morgan fingerprint density at radius 3 is 2.58 bits per heavy atom. The average molecular weight is 453 g/mol. The molecule has 8 heteroatoms. The van der Waals surface area contributed by atoms with Crippen LogP contribution in [0.2, 0.25) is 0 Å². The van der Waals surface area contributed by atoms with Gasteiger partial charge in [-0.2, -0.15) is 0 Å². The summed E-state index contributed by atoms with van der Waals surface area (Å²) in [4.78, 5) is 15.3. The van der Waals surface area contributed by atoms with Crippen LogP contribution in [0.3, 0.4) is 0 Å². The molecule has 1 saturated heterocycles. The maximum atomic E-state index is 13.1. The molecule has 33 heavy (non-hydrogen) atoms. The second-order valence-electron chi connectivity index (χ2n) is 8.24. The van der Waals surface area contributed by atoms with Gasteiger partial charge in [0, 0.05) is 19.7 Å². The van der Waals surface area contributed by atoms with Gasteiger partial charge >= 0.3 is 0 Å². The third kappa shape index (κ3) is 4.00. The molecule has 0 unspecified atom stereocenters. The molecule has 5 rings (SSSR count). The topological polar surface area (TPSA) is 75.7 Å². The standard InChI is InChI=1S/C25H27NO7/c1-28-21-10-15(11-22(29-2)25(21)30-3)9-20-23(27)17-6-7-19-18(24(17)33-20)13-26(14-32-19)12-16-5-4-8-31-16/h6-7,9-11,16H,4-5,8,12-14H2,1-3H3/t16-/m1/s1. The second-order valence-corrected chi connectivity index (χ2v) is 8.24. The molecule has 0 aromatic heterocycles. The van der Waals surface area contributed by atoms with E-state index in [-0.39, 0.29) is 17.6 Å². The quantitative estimate of drug-likeness (QED) is 0.614. The van der Waals surface area contributed by atoms with Gasteiger partial charge < -0.3 is 28.4 Å². The highest BCUT2D eigenvalue weighted by Gasteiger charge is 2.34. The largest absolute Gasteiger partial charge is 0.493 e. The molecule has 3 heterocycles. The number of carbonyl (C=O) groups is 1. The van der Waals surface area contributed by atoms with Crippen LogP contribution in [0.25, 0.3) is 6.08 Å². The summed E-state index contributed by atoms with van der Waals surface area (Å²) < 4.78 is 34.1.